The van der Waals surface area contributed by atoms with Gasteiger partial charge in [-0.3, -0.25) is 0 Å². The standard InChI is InChI=1S/C29H38N2O/c1-2-3-4-5-6-7-8-10-15-27-22-30-29(31-23-27)28-18-16-25(17-19-28)20-21-32-24-26-13-11-9-12-14-26/h9,11-14,16-19,22-23H,2-8,10,15,20-21,24H2,1H3. The van der Waals surface area contributed by atoms with Gasteiger partial charge in [-0.25, -0.2) is 9.97 Å². The highest BCUT2D eigenvalue weighted by molar-refractivity contribution is 5.55. The molecular formula is C29H38N2O. The Morgan fingerprint density at radius 1 is 0.625 bits per heavy atom. The largest absolute Gasteiger partial charge is 0.376 e. The van der Waals surface area contributed by atoms with Crippen molar-refractivity contribution in [2.75, 3.05) is 6.61 Å². The molecule has 3 aromatic rings. The molecule has 0 amide bonds. The van der Waals surface area contributed by atoms with E-state index in [1.165, 1.54) is 68.1 Å². The van der Waals surface area contributed by atoms with E-state index in [2.05, 4.69) is 53.3 Å². The molecule has 0 unspecified atom stereocenters. The number of rotatable bonds is 15. The van der Waals surface area contributed by atoms with E-state index in [0.717, 1.165) is 30.8 Å². The normalized spacial score (nSPS) is 11.0. The Kier molecular flexibility index (Phi) is 11.0. The lowest BCUT2D eigenvalue weighted by Crippen LogP contribution is -1.99. The molecule has 0 bridgehead atoms. The Labute approximate surface area is 194 Å². The molecule has 1 heterocycles. The van der Waals surface area contributed by atoms with Crippen molar-refractivity contribution in [3.63, 3.8) is 0 Å². The van der Waals surface area contributed by atoms with Gasteiger partial charge in [-0.1, -0.05) is 106 Å². The third-order valence-electron chi connectivity index (χ3n) is 5.88. The molecule has 3 nitrogen and oxygen atoms in total. The van der Waals surface area contributed by atoms with Crippen LogP contribution >= 0.6 is 0 Å². The summed E-state index contributed by atoms with van der Waals surface area (Å²) in [5.41, 5.74) is 4.79. The summed E-state index contributed by atoms with van der Waals surface area (Å²) in [6.07, 6.45) is 16.8. The lowest BCUT2D eigenvalue weighted by atomic mass is 10.1. The summed E-state index contributed by atoms with van der Waals surface area (Å²) in [6.45, 7) is 3.66. The minimum atomic E-state index is 0.665. The maximum atomic E-state index is 5.80. The Hall–Kier alpha value is -2.52. The predicted octanol–water partition coefficient (Wildman–Crippen LogP) is 7.59. The summed E-state index contributed by atoms with van der Waals surface area (Å²) >= 11 is 0. The smallest absolute Gasteiger partial charge is 0.159 e. The first kappa shape index (κ1) is 24.1. The summed E-state index contributed by atoms with van der Waals surface area (Å²) in [6, 6.07) is 18.8. The molecule has 0 atom stereocenters. The molecule has 0 aliphatic carbocycles. The van der Waals surface area contributed by atoms with Gasteiger partial charge in [0.05, 0.1) is 13.2 Å². The van der Waals surface area contributed by atoms with Crippen molar-refractivity contribution >= 4 is 0 Å². The third kappa shape index (κ3) is 8.92. The summed E-state index contributed by atoms with van der Waals surface area (Å²) < 4.78 is 5.80. The lowest BCUT2D eigenvalue weighted by Gasteiger charge is -2.06. The average Bonchev–Trinajstić information content (AvgIpc) is 2.85. The van der Waals surface area contributed by atoms with Crippen molar-refractivity contribution in [2.45, 2.75) is 77.7 Å². The fourth-order valence-electron chi connectivity index (χ4n) is 3.87. The monoisotopic (exact) mass is 430 g/mol. The average molecular weight is 431 g/mol. The molecule has 0 saturated carbocycles. The highest BCUT2D eigenvalue weighted by Gasteiger charge is 2.03. The van der Waals surface area contributed by atoms with Crippen LogP contribution in [0.3, 0.4) is 0 Å². The minimum Gasteiger partial charge on any atom is -0.376 e. The summed E-state index contributed by atoms with van der Waals surface area (Å²) in [5.74, 6) is 0.802. The number of aryl methyl sites for hydroxylation is 1. The van der Waals surface area contributed by atoms with Gasteiger partial charge >= 0.3 is 0 Å². The fourth-order valence-corrected chi connectivity index (χ4v) is 3.87. The van der Waals surface area contributed by atoms with E-state index in [1.807, 2.05) is 30.6 Å². The summed E-state index contributed by atoms with van der Waals surface area (Å²) in [5, 5.41) is 0. The summed E-state index contributed by atoms with van der Waals surface area (Å²) in [7, 11) is 0. The first-order valence-corrected chi connectivity index (χ1v) is 12.4. The number of aromatic nitrogens is 2. The van der Waals surface area contributed by atoms with Crippen molar-refractivity contribution in [3.8, 4) is 11.4 Å². The maximum Gasteiger partial charge on any atom is 0.159 e. The number of hydrogen-bond donors (Lipinski definition) is 0. The summed E-state index contributed by atoms with van der Waals surface area (Å²) in [4.78, 5) is 9.20. The van der Waals surface area contributed by atoms with Crippen LogP contribution in [0.1, 0.15) is 75.0 Å². The lowest BCUT2D eigenvalue weighted by molar-refractivity contribution is 0.124. The van der Waals surface area contributed by atoms with Crippen LogP contribution in [0, 0.1) is 0 Å². The van der Waals surface area contributed by atoms with Gasteiger partial charge in [-0.05, 0) is 36.0 Å². The molecule has 0 aliphatic heterocycles. The molecule has 2 aromatic carbocycles. The van der Waals surface area contributed by atoms with Crippen LogP contribution in [0.4, 0.5) is 0 Å². The van der Waals surface area contributed by atoms with Gasteiger partial charge in [0, 0.05) is 18.0 Å². The predicted molar refractivity (Wildman–Crippen MR) is 134 cm³/mol. The molecule has 3 rings (SSSR count). The van der Waals surface area contributed by atoms with Gasteiger partial charge < -0.3 is 4.74 Å². The Bertz CT molecular complexity index is 860. The molecular weight excluding hydrogens is 392 g/mol. The van der Waals surface area contributed by atoms with E-state index in [9.17, 15) is 0 Å². The van der Waals surface area contributed by atoms with Gasteiger partial charge in [0.1, 0.15) is 0 Å². The Morgan fingerprint density at radius 2 is 1.28 bits per heavy atom. The SMILES string of the molecule is CCCCCCCCCCc1cnc(-c2ccc(CCOCc3ccccc3)cc2)nc1. The van der Waals surface area contributed by atoms with Crippen molar-refractivity contribution in [2.24, 2.45) is 0 Å². The molecule has 3 heteroatoms. The van der Waals surface area contributed by atoms with Gasteiger partial charge in [0.2, 0.25) is 0 Å². The van der Waals surface area contributed by atoms with Crippen LogP contribution in [0.25, 0.3) is 11.4 Å². The molecule has 0 saturated heterocycles. The zero-order valence-electron chi connectivity index (χ0n) is 19.6. The van der Waals surface area contributed by atoms with E-state index in [1.54, 1.807) is 0 Å². The van der Waals surface area contributed by atoms with Crippen molar-refractivity contribution in [3.05, 3.63) is 83.7 Å². The molecule has 0 spiro atoms. The minimum absolute atomic E-state index is 0.665. The number of unbranched alkanes of at least 4 members (excludes halogenated alkanes) is 7. The second-order valence-electron chi connectivity index (χ2n) is 8.62. The second-order valence-corrected chi connectivity index (χ2v) is 8.62. The quantitative estimate of drug-likeness (QED) is 0.233. The highest BCUT2D eigenvalue weighted by Crippen LogP contribution is 2.17. The van der Waals surface area contributed by atoms with Crippen LogP contribution in [0.5, 0.6) is 0 Å². The van der Waals surface area contributed by atoms with Crippen molar-refractivity contribution in [1.82, 2.24) is 9.97 Å². The molecule has 0 radical (unpaired) electrons. The third-order valence-corrected chi connectivity index (χ3v) is 5.88. The highest BCUT2D eigenvalue weighted by atomic mass is 16.5. The molecule has 0 aliphatic rings. The van der Waals surface area contributed by atoms with E-state index in [-0.39, 0.29) is 0 Å². The first-order chi connectivity index (χ1) is 15.8. The van der Waals surface area contributed by atoms with Gasteiger partial charge in [0.15, 0.2) is 5.82 Å². The van der Waals surface area contributed by atoms with Crippen LogP contribution < -0.4 is 0 Å². The molecule has 1 aromatic heterocycles. The molecule has 0 N–H and O–H groups in total. The van der Waals surface area contributed by atoms with E-state index < -0.39 is 0 Å². The number of nitrogens with zero attached hydrogens (tertiary/aromatic N) is 2. The number of ether oxygens (including phenoxy) is 1. The zero-order valence-corrected chi connectivity index (χ0v) is 19.6. The van der Waals surface area contributed by atoms with Crippen LogP contribution in [0.15, 0.2) is 67.0 Å². The maximum absolute atomic E-state index is 5.80. The first-order valence-electron chi connectivity index (χ1n) is 12.4. The van der Waals surface area contributed by atoms with E-state index in [4.69, 9.17) is 4.74 Å². The Balaban J connectivity index is 1.34. The van der Waals surface area contributed by atoms with Crippen molar-refractivity contribution in [1.29, 1.82) is 0 Å². The van der Waals surface area contributed by atoms with Gasteiger partial charge in [-0.15, -0.1) is 0 Å². The second kappa shape index (κ2) is 14.5. The van der Waals surface area contributed by atoms with E-state index in [0.29, 0.717) is 6.61 Å². The topological polar surface area (TPSA) is 35.0 Å². The van der Waals surface area contributed by atoms with Crippen molar-refractivity contribution < 1.29 is 4.74 Å². The molecule has 0 fully saturated rings. The molecule has 32 heavy (non-hydrogen) atoms. The fraction of sp³-hybridized carbons (Fsp3) is 0.448. The van der Waals surface area contributed by atoms with Gasteiger partial charge in [0.25, 0.3) is 0 Å². The van der Waals surface area contributed by atoms with Gasteiger partial charge in [-0.2, -0.15) is 0 Å². The zero-order chi connectivity index (χ0) is 22.3. The van der Waals surface area contributed by atoms with Crippen LogP contribution in [-0.4, -0.2) is 16.6 Å². The Morgan fingerprint density at radius 3 is 1.97 bits per heavy atom. The number of benzene rings is 2. The van der Waals surface area contributed by atoms with E-state index >= 15 is 0 Å². The number of hydrogen-bond acceptors (Lipinski definition) is 3. The molecule has 170 valence electrons. The van der Waals surface area contributed by atoms with Crippen LogP contribution in [0.2, 0.25) is 0 Å². The van der Waals surface area contributed by atoms with Crippen LogP contribution in [-0.2, 0) is 24.2 Å².